The number of benzene rings is 1. The van der Waals surface area contributed by atoms with Crippen LogP contribution in [0.25, 0.3) is 11.0 Å². The van der Waals surface area contributed by atoms with Crippen molar-refractivity contribution in [1.82, 2.24) is 24.8 Å². The van der Waals surface area contributed by atoms with Gasteiger partial charge in [0, 0.05) is 25.4 Å². The molecular weight excluding hydrogens is 285 g/mol. The van der Waals surface area contributed by atoms with E-state index < -0.39 is 0 Å². The molecule has 1 amide bonds. The minimum Gasteiger partial charge on any atom is -0.349 e. The first-order valence-corrected chi connectivity index (χ1v) is 7.00. The Kier molecular flexibility index (Phi) is 3.86. The van der Waals surface area contributed by atoms with Crippen molar-refractivity contribution in [3.05, 3.63) is 48.1 Å². The highest BCUT2D eigenvalue weighted by Gasteiger charge is 2.07. The molecule has 0 aliphatic carbocycles. The number of hydrogen-bond acceptors (Lipinski definition) is 3. The predicted molar refractivity (Wildman–Crippen MR) is 79.5 cm³/mol. The fourth-order valence-electron chi connectivity index (χ4n) is 2.25. The lowest BCUT2D eigenvalue weighted by Crippen LogP contribution is -2.24. The van der Waals surface area contributed by atoms with E-state index >= 15 is 0 Å². The number of carbonyl (C=O) groups is 1. The second-order valence-electron chi connectivity index (χ2n) is 5.04. The van der Waals surface area contributed by atoms with Crippen molar-refractivity contribution in [2.24, 2.45) is 0 Å². The van der Waals surface area contributed by atoms with Crippen molar-refractivity contribution >= 4 is 16.9 Å². The molecule has 3 rings (SSSR count). The number of aromatic amines is 1. The number of nitrogens with one attached hydrogen (secondary N) is 2. The molecule has 0 saturated heterocycles. The van der Waals surface area contributed by atoms with Gasteiger partial charge in [-0.25, -0.2) is 14.4 Å². The van der Waals surface area contributed by atoms with Gasteiger partial charge in [0.1, 0.15) is 17.5 Å². The van der Waals surface area contributed by atoms with Crippen LogP contribution in [0.3, 0.4) is 0 Å². The Morgan fingerprint density at radius 2 is 2.32 bits per heavy atom. The Labute approximate surface area is 126 Å². The maximum Gasteiger partial charge on any atom is 0.222 e. The molecule has 0 atom stereocenters. The van der Waals surface area contributed by atoms with Crippen molar-refractivity contribution in [1.29, 1.82) is 0 Å². The number of halogens is 1. The zero-order valence-corrected chi connectivity index (χ0v) is 12.1. The van der Waals surface area contributed by atoms with Gasteiger partial charge in [0.15, 0.2) is 0 Å². The second-order valence-corrected chi connectivity index (χ2v) is 5.04. The Morgan fingerprint density at radius 3 is 3.09 bits per heavy atom. The first kappa shape index (κ1) is 14.2. The maximum absolute atomic E-state index is 13.1. The lowest BCUT2D eigenvalue weighted by Gasteiger charge is -2.05. The lowest BCUT2D eigenvalue weighted by atomic mass is 10.3. The molecule has 1 aromatic carbocycles. The normalized spacial score (nSPS) is 11.0. The van der Waals surface area contributed by atoms with Gasteiger partial charge in [-0.2, -0.15) is 0 Å². The minimum atomic E-state index is -0.317. The molecule has 0 aliphatic heterocycles. The molecule has 22 heavy (non-hydrogen) atoms. The third-order valence-electron chi connectivity index (χ3n) is 3.45. The minimum absolute atomic E-state index is 0.0697. The number of amides is 1. The summed E-state index contributed by atoms with van der Waals surface area (Å²) in [6.07, 6.45) is 3.92. The zero-order valence-electron chi connectivity index (χ0n) is 12.1. The maximum atomic E-state index is 13.1. The van der Waals surface area contributed by atoms with Gasteiger partial charge in [-0.15, -0.1) is 0 Å². The molecule has 0 spiro atoms. The predicted octanol–water partition coefficient (Wildman–Crippen LogP) is 1.91. The van der Waals surface area contributed by atoms with Gasteiger partial charge < -0.3 is 14.9 Å². The summed E-state index contributed by atoms with van der Waals surface area (Å²) >= 11 is 0. The summed E-state index contributed by atoms with van der Waals surface area (Å²) in [5.74, 6) is 1.10. The quantitative estimate of drug-likeness (QED) is 0.756. The fourth-order valence-corrected chi connectivity index (χ4v) is 2.25. The highest BCUT2D eigenvalue weighted by atomic mass is 19.1. The van der Waals surface area contributed by atoms with Crippen molar-refractivity contribution in [3.63, 3.8) is 0 Å². The van der Waals surface area contributed by atoms with E-state index in [1.54, 1.807) is 12.3 Å². The van der Waals surface area contributed by atoms with E-state index in [1.807, 2.05) is 17.7 Å². The molecular formula is C15H16FN5O. The van der Waals surface area contributed by atoms with Crippen LogP contribution in [-0.4, -0.2) is 25.4 Å². The van der Waals surface area contributed by atoms with Crippen LogP contribution in [-0.2, 0) is 17.9 Å². The van der Waals surface area contributed by atoms with E-state index in [-0.39, 0.29) is 18.3 Å². The molecule has 114 valence electrons. The van der Waals surface area contributed by atoms with Gasteiger partial charge in [0.2, 0.25) is 5.91 Å². The number of imidazole rings is 2. The summed E-state index contributed by atoms with van der Waals surface area (Å²) in [5.41, 5.74) is 1.30. The van der Waals surface area contributed by atoms with Crippen molar-refractivity contribution < 1.29 is 9.18 Å². The molecule has 2 aromatic heterocycles. The SMILES string of the molecule is Cc1nccn1CCC(=O)NCc1nc2ccc(F)cc2[nH]1. The monoisotopic (exact) mass is 301 g/mol. The van der Waals surface area contributed by atoms with E-state index in [9.17, 15) is 9.18 Å². The number of H-pyrrole nitrogens is 1. The van der Waals surface area contributed by atoms with Crippen LogP contribution in [0.1, 0.15) is 18.1 Å². The molecule has 0 unspecified atom stereocenters. The molecule has 3 aromatic rings. The standard InChI is InChI=1S/C15H16FN5O/c1-10-17-5-7-21(10)6-4-15(22)18-9-14-19-12-3-2-11(16)8-13(12)20-14/h2-3,5,7-8H,4,6,9H2,1H3,(H,18,22)(H,19,20). The van der Waals surface area contributed by atoms with Gasteiger partial charge in [0.25, 0.3) is 0 Å². The van der Waals surface area contributed by atoms with Crippen molar-refractivity contribution in [2.75, 3.05) is 0 Å². The van der Waals surface area contributed by atoms with E-state index in [1.165, 1.54) is 12.1 Å². The number of carbonyl (C=O) groups excluding carboxylic acids is 1. The Hall–Kier alpha value is -2.70. The van der Waals surface area contributed by atoms with Gasteiger partial charge in [-0.3, -0.25) is 4.79 Å². The van der Waals surface area contributed by atoms with Gasteiger partial charge in [0.05, 0.1) is 17.6 Å². The summed E-state index contributed by atoms with van der Waals surface area (Å²) in [6, 6.07) is 4.35. The van der Waals surface area contributed by atoms with Gasteiger partial charge in [-0.05, 0) is 25.1 Å². The average Bonchev–Trinajstić information content (AvgIpc) is 3.08. The van der Waals surface area contributed by atoms with E-state index in [0.29, 0.717) is 29.8 Å². The smallest absolute Gasteiger partial charge is 0.222 e. The molecule has 0 radical (unpaired) electrons. The highest BCUT2D eigenvalue weighted by Crippen LogP contribution is 2.12. The van der Waals surface area contributed by atoms with Crippen LogP contribution < -0.4 is 5.32 Å². The molecule has 6 nitrogen and oxygen atoms in total. The van der Waals surface area contributed by atoms with Gasteiger partial charge >= 0.3 is 0 Å². The van der Waals surface area contributed by atoms with Crippen molar-refractivity contribution in [3.8, 4) is 0 Å². The molecule has 2 N–H and O–H groups in total. The Balaban J connectivity index is 1.54. The fraction of sp³-hybridized carbons (Fsp3) is 0.267. The van der Waals surface area contributed by atoms with E-state index in [2.05, 4.69) is 20.3 Å². The number of fused-ring (bicyclic) bond motifs is 1. The van der Waals surface area contributed by atoms with Crippen LogP contribution in [0, 0.1) is 12.7 Å². The van der Waals surface area contributed by atoms with Crippen LogP contribution in [0.4, 0.5) is 4.39 Å². The average molecular weight is 301 g/mol. The Bertz CT molecular complexity index is 807. The van der Waals surface area contributed by atoms with Gasteiger partial charge in [-0.1, -0.05) is 0 Å². The summed E-state index contributed by atoms with van der Waals surface area (Å²) < 4.78 is 15.0. The number of hydrogen-bond donors (Lipinski definition) is 2. The number of aromatic nitrogens is 4. The van der Waals surface area contributed by atoms with E-state index in [4.69, 9.17) is 0 Å². The number of nitrogens with zero attached hydrogens (tertiary/aromatic N) is 3. The Morgan fingerprint density at radius 1 is 1.45 bits per heavy atom. The van der Waals surface area contributed by atoms with Crippen LogP contribution in [0.15, 0.2) is 30.6 Å². The summed E-state index contributed by atoms with van der Waals surface area (Å²) in [4.78, 5) is 23.2. The summed E-state index contributed by atoms with van der Waals surface area (Å²) in [5, 5.41) is 2.80. The molecule has 7 heteroatoms. The first-order valence-electron chi connectivity index (χ1n) is 7.00. The number of aryl methyl sites for hydroxylation is 2. The molecule has 0 aliphatic rings. The largest absolute Gasteiger partial charge is 0.349 e. The topological polar surface area (TPSA) is 75.6 Å². The highest BCUT2D eigenvalue weighted by molar-refractivity contribution is 5.77. The summed E-state index contributed by atoms with van der Waals surface area (Å²) in [6.45, 7) is 2.77. The third kappa shape index (κ3) is 3.13. The molecule has 2 heterocycles. The van der Waals surface area contributed by atoms with E-state index in [0.717, 1.165) is 5.82 Å². The third-order valence-corrected chi connectivity index (χ3v) is 3.45. The van der Waals surface area contributed by atoms with Crippen LogP contribution in [0.5, 0.6) is 0 Å². The summed E-state index contributed by atoms with van der Waals surface area (Å²) in [7, 11) is 0. The number of rotatable bonds is 5. The lowest BCUT2D eigenvalue weighted by molar-refractivity contribution is -0.121. The van der Waals surface area contributed by atoms with Crippen molar-refractivity contribution in [2.45, 2.75) is 26.4 Å². The second kappa shape index (κ2) is 5.97. The zero-order chi connectivity index (χ0) is 15.5. The van der Waals surface area contributed by atoms with Crippen LogP contribution in [0.2, 0.25) is 0 Å². The molecule has 0 bridgehead atoms. The van der Waals surface area contributed by atoms with Crippen LogP contribution >= 0.6 is 0 Å². The molecule has 0 fully saturated rings. The molecule has 0 saturated carbocycles. The first-order chi connectivity index (χ1) is 10.6.